The van der Waals surface area contributed by atoms with Gasteiger partial charge in [-0.2, -0.15) is 0 Å². The van der Waals surface area contributed by atoms with Gasteiger partial charge in [0.1, 0.15) is 18.3 Å². The lowest BCUT2D eigenvalue weighted by atomic mass is 9.86. The molecule has 2 heterocycles. The number of aryl methyl sites for hydroxylation is 2. The van der Waals surface area contributed by atoms with E-state index in [4.69, 9.17) is 0 Å². The molecule has 1 aromatic heterocycles. The summed E-state index contributed by atoms with van der Waals surface area (Å²) in [5.41, 5.74) is 2.24. The first-order chi connectivity index (χ1) is 15.0. The minimum Gasteiger partial charge on any atom is -0.328 e. The number of benzene rings is 2. The third-order valence-corrected chi connectivity index (χ3v) is 6.13. The van der Waals surface area contributed by atoms with Crippen LogP contribution in [0.25, 0.3) is 0 Å². The second-order valence-corrected chi connectivity index (χ2v) is 8.69. The SMILES string of the molecule is Cc1ccc(C(=O)C2C(=O)C(=O)N(CCC[n+]3cc[nH]c3)C2c2cccc(Br)c2)cc1. The average molecular weight is 481 g/mol. The summed E-state index contributed by atoms with van der Waals surface area (Å²) in [7, 11) is 0. The predicted molar refractivity (Wildman–Crippen MR) is 118 cm³/mol. The summed E-state index contributed by atoms with van der Waals surface area (Å²) >= 11 is 3.47. The van der Waals surface area contributed by atoms with Gasteiger partial charge < -0.3 is 4.90 Å². The lowest BCUT2D eigenvalue weighted by Gasteiger charge is -2.27. The number of amides is 1. The van der Waals surface area contributed by atoms with Crippen LogP contribution in [0.5, 0.6) is 0 Å². The molecule has 0 spiro atoms. The number of ketones is 2. The molecule has 1 fully saturated rings. The van der Waals surface area contributed by atoms with Gasteiger partial charge in [0.15, 0.2) is 5.78 Å². The van der Waals surface area contributed by atoms with Crippen molar-refractivity contribution in [3.8, 4) is 0 Å². The van der Waals surface area contributed by atoms with Crippen molar-refractivity contribution >= 4 is 33.4 Å². The molecule has 31 heavy (non-hydrogen) atoms. The molecule has 2 unspecified atom stereocenters. The van der Waals surface area contributed by atoms with Crippen LogP contribution in [-0.4, -0.2) is 33.9 Å². The minimum absolute atomic E-state index is 0.314. The summed E-state index contributed by atoms with van der Waals surface area (Å²) in [6.45, 7) is 3.02. The Balaban J connectivity index is 1.66. The number of hydrogen-bond donors (Lipinski definition) is 1. The van der Waals surface area contributed by atoms with Crippen LogP contribution >= 0.6 is 15.9 Å². The molecule has 158 valence electrons. The van der Waals surface area contributed by atoms with Crippen LogP contribution in [0.4, 0.5) is 0 Å². The maximum atomic E-state index is 13.4. The molecule has 2 aromatic carbocycles. The first-order valence-electron chi connectivity index (χ1n) is 10.2. The number of carbonyl (C=O) groups is 3. The van der Waals surface area contributed by atoms with Gasteiger partial charge in [0, 0.05) is 23.0 Å². The first-order valence-corrected chi connectivity index (χ1v) is 11.0. The van der Waals surface area contributed by atoms with Crippen LogP contribution in [0.2, 0.25) is 0 Å². The summed E-state index contributed by atoms with van der Waals surface area (Å²) in [6.07, 6.45) is 6.24. The summed E-state index contributed by atoms with van der Waals surface area (Å²) < 4.78 is 2.81. The van der Waals surface area contributed by atoms with E-state index in [1.807, 2.05) is 66.6 Å². The molecular weight excluding hydrogens is 458 g/mol. The Hall–Kier alpha value is -3.06. The smallest absolute Gasteiger partial charge is 0.291 e. The van der Waals surface area contributed by atoms with E-state index >= 15 is 0 Å². The summed E-state index contributed by atoms with van der Waals surface area (Å²) in [4.78, 5) is 43.9. The Morgan fingerprint density at radius 3 is 2.61 bits per heavy atom. The maximum Gasteiger partial charge on any atom is 0.291 e. The Kier molecular flexibility index (Phi) is 6.13. The van der Waals surface area contributed by atoms with E-state index in [-0.39, 0.29) is 5.78 Å². The van der Waals surface area contributed by atoms with E-state index in [1.165, 1.54) is 0 Å². The molecule has 1 aliphatic rings. The van der Waals surface area contributed by atoms with Crippen LogP contribution in [0.3, 0.4) is 0 Å². The zero-order valence-corrected chi connectivity index (χ0v) is 18.7. The van der Waals surface area contributed by atoms with Crippen molar-refractivity contribution in [1.82, 2.24) is 9.88 Å². The third-order valence-electron chi connectivity index (χ3n) is 5.63. The van der Waals surface area contributed by atoms with Crippen molar-refractivity contribution in [3.63, 3.8) is 0 Å². The van der Waals surface area contributed by atoms with E-state index in [0.717, 1.165) is 15.6 Å². The molecule has 1 N–H and O–H groups in total. The van der Waals surface area contributed by atoms with Gasteiger partial charge >= 0.3 is 0 Å². The van der Waals surface area contributed by atoms with Gasteiger partial charge in [-0.3, -0.25) is 19.4 Å². The number of imidazole rings is 1. The molecule has 1 aliphatic heterocycles. The number of rotatable bonds is 7. The second kappa shape index (κ2) is 8.98. The Morgan fingerprint density at radius 1 is 1.16 bits per heavy atom. The fourth-order valence-electron chi connectivity index (χ4n) is 4.07. The van der Waals surface area contributed by atoms with Crippen molar-refractivity contribution in [2.75, 3.05) is 6.54 Å². The maximum absolute atomic E-state index is 13.4. The Morgan fingerprint density at radius 2 is 1.94 bits per heavy atom. The van der Waals surface area contributed by atoms with Gasteiger partial charge in [-0.05, 0) is 24.6 Å². The van der Waals surface area contributed by atoms with Crippen LogP contribution in [0, 0.1) is 12.8 Å². The fraction of sp³-hybridized carbons (Fsp3) is 0.250. The van der Waals surface area contributed by atoms with Crippen molar-refractivity contribution in [1.29, 1.82) is 0 Å². The molecule has 7 heteroatoms. The van der Waals surface area contributed by atoms with Gasteiger partial charge in [0.05, 0.1) is 12.6 Å². The number of aromatic amines is 1. The third kappa shape index (κ3) is 4.37. The highest BCUT2D eigenvalue weighted by Crippen LogP contribution is 2.39. The lowest BCUT2D eigenvalue weighted by Crippen LogP contribution is -2.36. The zero-order valence-electron chi connectivity index (χ0n) is 17.1. The highest BCUT2D eigenvalue weighted by atomic mass is 79.9. The van der Waals surface area contributed by atoms with Crippen LogP contribution in [-0.2, 0) is 16.1 Å². The topological polar surface area (TPSA) is 74.1 Å². The number of Topliss-reactive ketones (excluding diaryl/α,β-unsaturated/α-hetero) is 2. The largest absolute Gasteiger partial charge is 0.328 e. The van der Waals surface area contributed by atoms with Gasteiger partial charge in [0.25, 0.3) is 5.91 Å². The molecule has 0 aliphatic carbocycles. The number of hydrogen-bond acceptors (Lipinski definition) is 3. The van der Waals surface area contributed by atoms with Gasteiger partial charge in [-0.25, -0.2) is 4.57 Å². The molecular formula is C24H23BrN3O3+. The number of nitrogens with zero attached hydrogens (tertiary/aromatic N) is 2. The highest BCUT2D eigenvalue weighted by molar-refractivity contribution is 9.10. The van der Waals surface area contributed by atoms with E-state index in [1.54, 1.807) is 17.0 Å². The number of H-pyrrole nitrogens is 1. The van der Waals surface area contributed by atoms with E-state index in [0.29, 0.717) is 25.1 Å². The molecule has 0 bridgehead atoms. The van der Waals surface area contributed by atoms with E-state index in [2.05, 4.69) is 20.9 Å². The van der Waals surface area contributed by atoms with Gasteiger partial charge in [0.2, 0.25) is 12.1 Å². The Bertz CT molecular complexity index is 1110. The fourth-order valence-corrected chi connectivity index (χ4v) is 4.49. The lowest BCUT2D eigenvalue weighted by molar-refractivity contribution is -0.695. The van der Waals surface area contributed by atoms with Crippen LogP contribution in [0.1, 0.15) is 33.9 Å². The molecule has 1 saturated heterocycles. The first kappa shape index (κ1) is 21.2. The van der Waals surface area contributed by atoms with Crippen molar-refractivity contribution in [2.24, 2.45) is 5.92 Å². The zero-order chi connectivity index (χ0) is 22.0. The quantitative estimate of drug-likeness (QED) is 0.243. The Labute approximate surface area is 189 Å². The van der Waals surface area contributed by atoms with Crippen molar-refractivity contribution in [2.45, 2.75) is 25.9 Å². The van der Waals surface area contributed by atoms with Crippen LogP contribution < -0.4 is 4.57 Å². The number of halogens is 1. The normalized spacial score (nSPS) is 18.6. The molecule has 1 amide bonds. The molecule has 3 aromatic rings. The van der Waals surface area contributed by atoms with Crippen LogP contribution in [0.15, 0.2) is 71.7 Å². The van der Waals surface area contributed by atoms with Gasteiger partial charge in [-0.15, -0.1) is 0 Å². The minimum atomic E-state index is -1.05. The summed E-state index contributed by atoms with van der Waals surface area (Å²) in [5, 5.41) is 0. The standard InChI is InChI=1S/C24H22BrN3O3/c1-16-6-8-17(9-7-16)22(29)20-21(18-4-2-5-19(25)14-18)28(24(31)23(20)30)12-3-11-27-13-10-26-15-27/h2,4-10,13-15,20-21H,3,11-12H2,1H3/p+1. The monoisotopic (exact) mass is 480 g/mol. The van der Waals surface area contributed by atoms with Gasteiger partial charge in [-0.1, -0.05) is 57.9 Å². The number of carbonyl (C=O) groups excluding carboxylic acids is 3. The van der Waals surface area contributed by atoms with E-state index in [9.17, 15) is 14.4 Å². The average Bonchev–Trinajstić information content (AvgIpc) is 3.36. The highest BCUT2D eigenvalue weighted by Gasteiger charge is 2.51. The van der Waals surface area contributed by atoms with E-state index < -0.39 is 23.7 Å². The summed E-state index contributed by atoms with van der Waals surface area (Å²) in [5.74, 6) is -2.59. The summed E-state index contributed by atoms with van der Waals surface area (Å²) in [6, 6.07) is 14.0. The number of nitrogens with one attached hydrogen (secondary N) is 1. The number of likely N-dealkylation sites (tertiary alicyclic amines) is 1. The van der Waals surface area contributed by atoms with Crippen molar-refractivity contribution < 1.29 is 19.0 Å². The molecule has 2 atom stereocenters. The molecule has 0 radical (unpaired) electrons. The molecule has 0 saturated carbocycles. The van der Waals surface area contributed by atoms with Crippen molar-refractivity contribution in [3.05, 3.63) is 88.4 Å². The predicted octanol–water partition coefficient (Wildman–Crippen LogP) is 3.41. The molecule has 6 nitrogen and oxygen atoms in total. The molecule has 4 rings (SSSR count). The second-order valence-electron chi connectivity index (χ2n) is 7.77. The number of aromatic nitrogens is 2.